The van der Waals surface area contributed by atoms with Gasteiger partial charge in [0, 0.05) is 19.0 Å². The largest absolute Gasteiger partial charge is 0.370 e. The number of hydrogen-bond acceptors (Lipinski definition) is 1. The molecule has 0 atom stereocenters. The van der Waals surface area contributed by atoms with Crippen LogP contribution in [-0.2, 0) is 5.41 Å². The molecule has 1 fully saturated rings. The number of nitrogens with one attached hydrogen (secondary N) is 1. The van der Waals surface area contributed by atoms with Crippen LogP contribution in [0.2, 0.25) is 0 Å². The van der Waals surface area contributed by atoms with Crippen LogP contribution in [0.1, 0.15) is 18.4 Å². The highest BCUT2D eigenvalue weighted by molar-refractivity contribution is 14.0. The SMILES string of the molecule is CN=C(N)NCC1(c2ccccc2)CC1.I. The van der Waals surface area contributed by atoms with Gasteiger partial charge in [0.25, 0.3) is 0 Å². The van der Waals surface area contributed by atoms with Crippen molar-refractivity contribution in [1.29, 1.82) is 0 Å². The van der Waals surface area contributed by atoms with Gasteiger partial charge in [-0.1, -0.05) is 30.3 Å². The molecule has 1 aliphatic carbocycles. The molecule has 0 heterocycles. The number of nitrogens with zero attached hydrogens (tertiary/aromatic N) is 1. The van der Waals surface area contributed by atoms with Gasteiger partial charge in [0.05, 0.1) is 0 Å². The molecule has 0 bridgehead atoms. The lowest BCUT2D eigenvalue weighted by Gasteiger charge is -2.16. The van der Waals surface area contributed by atoms with E-state index >= 15 is 0 Å². The van der Waals surface area contributed by atoms with Crippen molar-refractivity contribution >= 4 is 29.9 Å². The van der Waals surface area contributed by atoms with Crippen LogP contribution >= 0.6 is 24.0 Å². The molecule has 1 saturated carbocycles. The highest BCUT2D eigenvalue weighted by Gasteiger charge is 2.43. The molecule has 3 N–H and O–H groups in total. The molecule has 0 radical (unpaired) electrons. The Morgan fingerprint density at radius 2 is 2.00 bits per heavy atom. The number of rotatable bonds is 3. The maximum absolute atomic E-state index is 5.62. The standard InChI is InChI=1S/C12H17N3.HI/c1-14-11(13)15-9-12(7-8-12)10-5-3-2-4-6-10;/h2-6H,7-9H2,1H3,(H3,13,14,15);1H. The number of halogens is 1. The molecule has 0 saturated heterocycles. The first-order valence-corrected chi connectivity index (χ1v) is 5.28. The molecule has 1 aliphatic rings. The van der Waals surface area contributed by atoms with Crippen LogP contribution in [0.15, 0.2) is 35.3 Å². The van der Waals surface area contributed by atoms with E-state index < -0.39 is 0 Å². The van der Waals surface area contributed by atoms with Gasteiger partial charge in [-0.15, -0.1) is 24.0 Å². The molecule has 0 spiro atoms. The van der Waals surface area contributed by atoms with E-state index in [-0.39, 0.29) is 24.0 Å². The molecule has 0 amide bonds. The Bertz CT molecular complexity index is 358. The lowest BCUT2D eigenvalue weighted by atomic mass is 9.96. The number of aliphatic imine (C=N–C) groups is 1. The molecular formula is C12H18IN3. The molecule has 16 heavy (non-hydrogen) atoms. The second-order valence-electron chi connectivity index (χ2n) is 4.11. The van der Waals surface area contributed by atoms with Crippen LogP contribution in [-0.4, -0.2) is 19.6 Å². The fraction of sp³-hybridized carbons (Fsp3) is 0.417. The van der Waals surface area contributed by atoms with Gasteiger partial charge in [-0.2, -0.15) is 0 Å². The minimum Gasteiger partial charge on any atom is -0.370 e. The summed E-state index contributed by atoms with van der Waals surface area (Å²) in [6, 6.07) is 10.6. The zero-order valence-electron chi connectivity index (χ0n) is 9.44. The van der Waals surface area contributed by atoms with Gasteiger partial charge >= 0.3 is 0 Å². The molecule has 88 valence electrons. The minimum atomic E-state index is 0. The summed E-state index contributed by atoms with van der Waals surface area (Å²) in [5.74, 6) is 0.525. The van der Waals surface area contributed by atoms with E-state index in [0.29, 0.717) is 11.4 Å². The molecule has 1 aromatic rings. The highest BCUT2D eigenvalue weighted by atomic mass is 127. The summed E-state index contributed by atoms with van der Waals surface area (Å²) in [7, 11) is 1.70. The Morgan fingerprint density at radius 3 is 2.50 bits per heavy atom. The topological polar surface area (TPSA) is 50.4 Å². The number of hydrogen-bond donors (Lipinski definition) is 2. The Kier molecular flexibility index (Phi) is 4.58. The zero-order chi connectivity index (χ0) is 10.7. The number of guanidine groups is 1. The zero-order valence-corrected chi connectivity index (χ0v) is 11.8. The Morgan fingerprint density at radius 1 is 1.38 bits per heavy atom. The van der Waals surface area contributed by atoms with Gasteiger partial charge in [-0.25, -0.2) is 0 Å². The van der Waals surface area contributed by atoms with Gasteiger partial charge in [0.2, 0.25) is 0 Å². The fourth-order valence-electron chi connectivity index (χ4n) is 1.85. The average molecular weight is 331 g/mol. The number of benzene rings is 1. The lowest BCUT2D eigenvalue weighted by Crippen LogP contribution is -2.37. The first kappa shape index (κ1) is 13.3. The second kappa shape index (κ2) is 5.52. The van der Waals surface area contributed by atoms with E-state index in [0.717, 1.165) is 6.54 Å². The molecule has 1 aromatic carbocycles. The van der Waals surface area contributed by atoms with Crippen molar-refractivity contribution < 1.29 is 0 Å². The van der Waals surface area contributed by atoms with E-state index in [2.05, 4.69) is 40.6 Å². The highest BCUT2D eigenvalue weighted by Crippen LogP contribution is 2.47. The van der Waals surface area contributed by atoms with E-state index in [1.165, 1.54) is 18.4 Å². The van der Waals surface area contributed by atoms with Crippen LogP contribution in [0.4, 0.5) is 0 Å². The second-order valence-corrected chi connectivity index (χ2v) is 4.11. The first-order valence-electron chi connectivity index (χ1n) is 5.28. The lowest BCUT2D eigenvalue weighted by molar-refractivity contribution is 0.656. The number of nitrogens with two attached hydrogens (primary N) is 1. The quantitative estimate of drug-likeness (QED) is 0.505. The fourth-order valence-corrected chi connectivity index (χ4v) is 1.85. The molecule has 3 nitrogen and oxygen atoms in total. The third-order valence-electron chi connectivity index (χ3n) is 3.09. The van der Waals surface area contributed by atoms with E-state index in [9.17, 15) is 0 Å². The normalized spacial score (nSPS) is 17.4. The van der Waals surface area contributed by atoms with Crippen LogP contribution in [0.5, 0.6) is 0 Å². The monoisotopic (exact) mass is 331 g/mol. The summed E-state index contributed by atoms with van der Waals surface area (Å²) < 4.78 is 0. The molecule has 2 rings (SSSR count). The maximum Gasteiger partial charge on any atom is 0.188 e. The van der Waals surface area contributed by atoms with Gasteiger partial charge in [0.15, 0.2) is 5.96 Å². The molecule has 0 aliphatic heterocycles. The van der Waals surface area contributed by atoms with Gasteiger partial charge in [-0.05, 0) is 18.4 Å². The predicted molar refractivity (Wildman–Crippen MR) is 78.3 cm³/mol. The van der Waals surface area contributed by atoms with Crippen molar-refractivity contribution in [2.75, 3.05) is 13.6 Å². The van der Waals surface area contributed by atoms with Gasteiger partial charge < -0.3 is 11.1 Å². The first-order chi connectivity index (χ1) is 7.27. The summed E-state index contributed by atoms with van der Waals surface area (Å²) in [5, 5.41) is 3.16. The van der Waals surface area contributed by atoms with E-state index in [4.69, 9.17) is 5.73 Å². The summed E-state index contributed by atoms with van der Waals surface area (Å²) in [5.41, 5.74) is 7.33. The van der Waals surface area contributed by atoms with Crippen LogP contribution < -0.4 is 11.1 Å². The van der Waals surface area contributed by atoms with Crippen molar-refractivity contribution in [3.05, 3.63) is 35.9 Å². The summed E-state index contributed by atoms with van der Waals surface area (Å²) >= 11 is 0. The minimum absolute atomic E-state index is 0. The van der Waals surface area contributed by atoms with Gasteiger partial charge in [-0.3, -0.25) is 4.99 Å². The molecular weight excluding hydrogens is 313 g/mol. The van der Waals surface area contributed by atoms with E-state index in [1.54, 1.807) is 7.05 Å². The van der Waals surface area contributed by atoms with Crippen molar-refractivity contribution in [1.82, 2.24) is 5.32 Å². The van der Waals surface area contributed by atoms with Gasteiger partial charge in [0.1, 0.15) is 0 Å². The molecule has 0 aromatic heterocycles. The molecule has 4 heteroatoms. The third-order valence-corrected chi connectivity index (χ3v) is 3.09. The van der Waals surface area contributed by atoms with Crippen molar-refractivity contribution in [2.45, 2.75) is 18.3 Å². The molecule has 0 unspecified atom stereocenters. The average Bonchev–Trinajstić information content (AvgIpc) is 3.08. The van der Waals surface area contributed by atoms with Crippen molar-refractivity contribution in [2.24, 2.45) is 10.7 Å². The van der Waals surface area contributed by atoms with Crippen LogP contribution in [0.25, 0.3) is 0 Å². The van der Waals surface area contributed by atoms with E-state index in [1.807, 2.05) is 0 Å². The summed E-state index contributed by atoms with van der Waals surface area (Å²) in [4.78, 5) is 3.90. The van der Waals surface area contributed by atoms with Crippen molar-refractivity contribution in [3.8, 4) is 0 Å². The van der Waals surface area contributed by atoms with Crippen LogP contribution in [0, 0.1) is 0 Å². The van der Waals surface area contributed by atoms with Crippen molar-refractivity contribution in [3.63, 3.8) is 0 Å². The summed E-state index contributed by atoms with van der Waals surface area (Å²) in [6.07, 6.45) is 2.47. The maximum atomic E-state index is 5.62. The third kappa shape index (κ3) is 2.87. The smallest absolute Gasteiger partial charge is 0.188 e. The Labute approximate surface area is 114 Å². The Balaban J connectivity index is 0.00000128. The Hall–Kier alpha value is -0.780. The van der Waals surface area contributed by atoms with Crippen LogP contribution in [0.3, 0.4) is 0 Å². The summed E-state index contributed by atoms with van der Waals surface area (Å²) in [6.45, 7) is 0.889. The predicted octanol–water partition coefficient (Wildman–Crippen LogP) is 1.87.